The minimum Gasteiger partial charge on any atom is -0.494 e. The Morgan fingerprint density at radius 1 is 1.25 bits per heavy atom. The molecule has 3 nitrogen and oxygen atoms in total. The van der Waals surface area contributed by atoms with Crippen molar-refractivity contribution in [1.29, 1.82) is 0 Å². The van der Waals surface area contributed by atoms with Gasteiger partial charge in [-0.2, -0.15) is 0 Å². The number of rotatable bonds is 4. The van der Waals surface area contributed by atoms with Gasteiger partial charge < -0.3 is 15.2 Å². The monoisotopic (exact) mass is 339 g/mol. The van der Waals surface area contributed by atoms with Gasteiger partial charge in [0.05, 0.1) is 12.8 Å². The minimum absolute atomic E-state index is 0.216. The summed E-state index contributed by atoms with van der Waals surface area (Å²) in [6, 6.07) is 8.42. The summed E-state index contributed by atoms with van der Waals surface area (Å²) >= 11 is 3.37. The lowest BCUT2D eigenvalue weighted by atomic mass is 10.2. The SMILES string of the molecule is COc1ccc(COc2c(C)cc(Br)cc2N)cc1F. The van der Waals surface area contributed by atoms with Gasteiger partial charge in [-0.25, -0.2) is 4.39 Å². The van der Waals surface area contributed by atoms with E-state index >= 15 is 0 Å². The zero-order valence-electron chi connectivity index (χ0n) is 11.2. The van der Waals surface area contributed by atoms with E-state index in [2.05, 4.69) is 15.9 Å². The lowest BCUT2D eigenvalue weighted by Crippen LogP contribution is -2.01. The van der Waals surface area contributed by atoms with Crippen LogP contribution in [-0.4, -0.2) is 7.11 Å². The van der Waals surface area contributed by atoms with Crippen LogP contribution in [0.4, 0.5) is 10.1 Å². The van der Waals surface area contributed by atoms with Gasteiger partial charge in [-0.1, -0.05) is 22.0 Å². The van der Waals surface area contributed by atoms with Crippen LogP contribution in [0.15, 0.2) is 34.8 Å². The zero-order chi connectivity index (χ0) is 14.7. The Labute approximate surface area is 125 Å². The number of methoxy groups -OCH3 is 1. The fourth-order valence-corrected chi connectivity index (χ4v) is 2.50. The van der Waals surface area contributed by atoms with Gasteiger partial charge in [-0.3, -0.25) is 0 Å². The van der Waals surface area contributed by atoms with Crippen LogP contribution in [0, 0.1) is 12.7 Å². The third-order valence-electron chi connectivity index (χ3n) is 2.87. The van der Waals surface area contributed by atoms with Gasteiger partial charge in [-0.15, -0.1) is 0 Å². The molecular weight excluding hydrogens is 325 g/mol. The maximum Gasteiger partial charge on any atom is 0.165 e. The van der Waals surface area contributed by atoms with Crippen molar-refractivity contribution in [3.63, 3.8) is 0 Å². The molecule has 0 fully saturated rings. The molecule has 0 aliphatic rings. The van der Waals surface area contributed by atoms with Gasteiger partial charge in [-0.05, 0) is 42.3 Å². The summed E-state index contributed by atoms with van der Waals surface area (Å²) in [5.41, 5.74) is 8.10. The predicted octanol–water partition coefficient (Wildman–Crippen LogP) is 4.07. The number of nitrogen functional groups attached to an aromatic ring is 1. The van der Waals surface area contributed by atoms with Crippen molar-refractivity contribution in [2.24, 2.45) is 0 Å². The summed E-state index contributed by atoms with van der Waals surface area (Å²) in [6.45, 7) is 2.15. The van der Waals surface area contributed by atoms with Crippen LogP contribution in [0.3, 0.4) is 0 Å². The van der Waals surface area contributed by atoms with Crippen LogP contribution in [0.1, 0.15) is 11.1 Å². The van der Waals surface area contributed by atoms with Gasteiger partial charge in [0.1, 0.15) is 12.4 Å². The van der Waals surface area contributed by atoms with Crippen molar-refractivity contribution in [1.82, 2.24) is 0 Å². The first kappa shape index (κ1) is 14.7. The van der Waals surface area contributed by atoms with Gasteiger partial charge in [0.2, 0.25) is 0 Å². The molecule has 0 amide bonds. The highest BCUT2D eigenvalue weighted by atomic mass is 79.9. The quantitative estimate of drug-likeness (QED) is 0.854. The molecule has 0 saturated carbocycles. The molecule has 0 atom stereocenters. The largest absolute Gasteiger partial charge is 0.494 e. The van der Waals surface area contributed by atoms with E-state index in [9.17, 15) is 4.39 Å². The average molecular weight is 340 g/mol. The van der Waals surface area contributed by atoms with E-state index in [1.165, 1.54) is 13.2 Å². The Kier molecular flexibility index (Phi) is 4.49. The van der Waals surface area contributed by atoms with Crippen molar-refractivity contribution < 1.29 is 13.9 Å². The van der Waals surface area contributed by atoms with E-state index < -0.39 is 5.82 Å². The molecular formula is C15H15BrFNO2. The summed E-state index contributed by atoms with van der Waals surface area (Å²) < 4.78 is 25.0. The summed E-state index contributed by atoms with van der Waals surface area (Å²) in [4.78, 5) is 0. The molecule has 0 aromatic heterocycles. The van der Waals surface area contributed by atoms with Gasteiger partial charge in [0.25, 0.3) is 0 Å². The third kappa shape index (κ3) is 3.22. The van der Waals surface area contributed by atoms with Crippen LogP contribution in [-0.2, 0) is 6.61 Å². The number of halogens is 2. The molecule has 0 radical (unpaired) electrons. The average Bonchev–Trinajstić information content (AvgIpc) is 2.37. The number of anilines is 1. The van der Waals surface area contributed by atoms with E-state index in [0.29, 0.717) is 17.0 Å². The van der Waals surface area contributed by atoms with Crippen molar-refractivity contribution in [3.8, 4) is 11.5 Å². The lowest BCUT2D eigenvalue weighted by molar-refractivity contribution is 0.304. The maximum absolute atomic E-state index is 13.6. The van der Waals surface area contributed by atoms with Crippen LogP contribution in [0.25, 0.3) is 0 Å². The standard InChI is InChI=1S/C15H15BrFNO2/c1-9-5-11(16)7-13(18)15(9)20-8-10-3-4-14(19-2)12(17)6-10/h3-7H,8,18H2,1-2H3. The number of hydrogen-bond acceptors (Lipinski definition) is 3. The molecule has 106 valence electrons. The van der Waals surface area contributed by atoms with E-state index in [1.54, 1.807) is 18.2 Å². The predicted molar refractivity (Wildman–Crippen MR) is 80.6 cm³/mol. The van der Waals surface area contributed by atoms with Crippen LogP contribution in [0.5, 0.6) is 11.5 Å². The second kappa shape index (κ2) is 6.13. The Balaban J connectivity index is 2.15. The molecule has 0 saturated heterocycles. The highest BCUT2D eigenvalue weighted by Crippen LogP contribution is 2.31. The van der Waals surface area contributed by atoms with E-state index in [1.807, 2.05) is 13.0 Å². The first-order valence-corrected chi connectivity index (χ1v) is 6.81. The van der Waals surface area contributed by atoms with Crippen molar-refractivity contribution in [2.45, 2.75) is 13.5 Å². The molecule has 20 heavy (non-hydrogen) atoms. The Morgan fingerprint density at radius 3 is 2.60 bits per heavy atom. The van der Waals surface area contributed by atoms with Crippen molar-refractivity contribution in [2.75, 3.05) is 12.8 Å². The number of benzene rings is 2. The molecule has 2 N–H and O–H groups in total. The number of hydrogen-bond donors (Lipinski definition) is 1. The molecule has 2 aromatic carbocycles. The molecule has 2 rings (SSSR count). The number of ether oxygens (including phenoxy) is 2. The third-order valence-corrected chi connectivity index (χ3v) is 3.33. The van der Waals surface area contributed by atoms with Crippen LogP contribution in [0.2, 0.25) is 0 Å². The molecule has 0 spiro atoms. The summed E-state index contributed by atoms with van der Waals surface area (Å²) in [6.07, 6.45) is 0. The Hall–Kier alpha value is -1.75. The van der Waals surface area contributed by atoms with Crippen molar-refractivity contribution >= 4 is 21.6 Å². The molecule has 0 bridgehead atoms. The smallest absolute Gasteiger partial charge is 0.165 e. The van der Waals surface area contributed by atoms with Gasteiger partial charge >= 0.3 is 0 Å². The van der Waals surface area contributed by atoms with E-state index in [4.69, 9.17) is 15.2 Å². The summed E-state index contributed by atoms with van der Waals surface area (Å²) in [5.74, 6) is 0.423. The van der Waals surface area contributed by atoms with Crippen LogP contribution >= 0.6 is 15.9 Å². The Morgan fingerprint density at radius 2 is 2.00 bits per heavy atom. The summed E-state index contributed by atoms with van der Waals surface area (Å²) in [7, 11) is 1.43. The molecule has 0 unspecified atom stereocenters. The van der Waals surface area contributed by atoms with E-state index in [-0.39, 0.29) is 12.4 Å². The molecule has 2 aromatic rings. The highest BCUT2D eigenvalue weighted by Gasteiger charge is 2.08. The first-order valence-electron chi connectivity index (χ1n) is 6.02. The second-order valence-corrected chi connectivity index (χ2v) is 5.31. The minimum atomic E-state index is -0.408. The van der Waals surface area contributed by atoms with Gasteiger partial charge in [0.15, 0.2) is 11.6 Å². The zero-order valence-corrected chi connectivity index (χ0v) is 12.8. The van der Waals surface area contributed by atoms with E-state index in [0.717, 1.165) is 10.0 Å². The number of nitrogens with two attached hydrogens (primary N) is 1. The van der Waals surface area contributed by atoms with Gasteiger partial charge in [0, 0.05) is 4.47 Å². The second-order valence-electron chi connectivity index (χ2n) is 4.40. The van der Waals surface area contributed by atoms with Crippen molar-refractivity contribution in [3.05, 3.63) is 51.7 Å². The normalized spacial score (nSPS) is 10.4. The maximum atomic E-state index is 13.6. The molecule has 0 aliphatic heterocycles. The molecule has 5 heteroatoms. The Bertz CT molecular complexity index is 608. The topological polar surface area (TPSA) is 44.5 Å². The molecule has 0 heterocycles. The highest BCUT2D eigenvalue weighted by molar-refractivity contribution is 9.10. The first-order chi connectivity index (χ1) is 9.51. The fraction of sp³-hybridized carbons (Fsp3) is 0.200. The van der Waals surface area contributed by atoms with Crippen LogP contribution < -0.4 is 15.2 Å². The lowest BCUT2D eigenvalue weighted by Gasteiger charge is -2.13. The number of aryl methyl sites for hydroxylation is 1. The fourth-order valence-electron chi connectivity index (χ4n) is 1.91. The summed E-state index contributed by atoms with van der Waals surface area (Å²) in [5, 5.41) is 0. The molecule has 0 aliphatic carbocycles.